The van der Waals surface area contributed by atoms with Crippen LogP contribution >= 0.6 is 0 Å². The third-order valence-electron chi connectivity index (χ3n) is 3.80. The van der Waals surface area contributed by atoms with Gasteiger partial charge in [0.15, 0.2) is 5.43 Å². The van der Waals surface area contributed by atoms with Crippen LogP contribution in [0.5, 0.6) is 0 Å². The van der Waals surface area contributed by atoms with Crippen LogP contribution in [0.4, 0.5) is 13.2 Å². The minimum atomic E-state index is -4.48. The normalized spacial score (nSPS) is 11.4. The number of aromatic nitrogens is 1. The van der Waals surface area contributed by atoms with Gasteiger partial charge in [-0.05, 0) is 23.3 Å². The molecule has 0 amide bonds. The van der Waals surface area contributed by atoms with Gasteiger partial charge in [0.05, 0.1) is 18.0 Å². The fourth-order valence-electron chi connectivity index (χ4n) is 2.55. The van der Waals surface area contributed by atoms with Crippen LogP contribution in [0.2, 0.25) is 0 Å². The summed E-state index contributed by atoms with van der Waals surface area (Å²) in [4.78, 5) is 18.0. The predicted octanol–water partition coefficient (Wildman–Crippen LogP) is 4.26. The molecule has 0 fully saturated rings. The maximum atomic E-state index is 13.0. The third kappa shape index (κ3) is 3.42. The summed E-state index contributed by atoms with van der Waals surface area (Å²) in [6, 6.07) is 13.6. The standard InChI is InChI=1S/C19H14F3NO2/c1-25-23-11-16(13-6-3-2-4-7-13)18(24)17(12-23)14-8-5-9-15(10-14)19(20,21)22/h2-12H,1H3. The second-order valence-corrected chi connectivity index (χ2v) is 5.40. The van der Waals surface area contributed by atoms with Gasteiger partial charge in [-0.1, -0.05) is 42.5 Å². The van der Waals surface area contributed by atoms with Crippen molar-refractivity contribution in [2.75, 3.05) is 7.11 Å². The van der Waals surface area contributed by atoms with Crippen molar-refractivity contribution in [3.63, 3.8) is 0 Å². The molecule has 6 heteroatoms. The van der Waals surface area contributed by atoms with Crippen molar-refractivity contribution in [1.82, 2.24) is 4.73 Å². The first-order chi connectivity index (χ1) is 11.9. The molecule has 1 aromatic heterocycles. The van der Waals surface area contributed by atoms with Gasteiger partial charge >= 0.3 is 6.18 Å². The number of hydrogen-bond donors (Lipinski definition) is 0. The van der Waals surface area contributed by atoms with E-state index in [0.29, 0.717) is 11.1 Å². The second-order valence-electron chi connectivity index (χ2n) is 5.40. The molecule has 0 bridgehead atoms. The van der Waals surface area contributed by atoms with Gasteiger partial charge < -0.3 is 4.84 Å². The molecular formula is C19H14F3NO2. The Morgan fingerprint density at radius 3 is 2.08 bits per heavy atom. The van der Waals surface area contributed by atoms with E-state index in [0.717, 1.165) is 12.1 Å². The average Bonchev–Trinajstić information content (AvgIpc) is 2.62. The summed E-state index contributed by atoms with van der Waals surface area (Å²) in [5.74, 6) is 0. The van der Waals surface area contributed by atoms with Crippen LogP contribution in [0.1, 0.15) is 5.56 Å². The van der Waals surface area contributed by atoms with E-state index in [2.05, 4.69) is 0 Å². The largest absolute Gasteiger partial charge is 0.418 e. The summed E-state index contributed by atoms with van der Waals surface area (Å²) < 4.78 is 40.2. The Morgan fingerprint density at radius 2 is 1.48 bits per heavy atom. The molecule has 0 N–H and O–H groups in total. The third-order valence-corrected chi connectivity index (χ3v) is 3.80. The van der Waals surface area contributed by atoms with Crippen LogP contribution in [0, 0.1) is 0 Å². The van der Waals surface area contributed by atoms with E-state index < -0.39 is 11.7 Å². The van der Waals surface area contributed by atoms with Crippen molar-refractivity contribution < 1.29 is 18.0 Å². The van der Waals surface area contributed by atoms with Crippen LogP contribution < -0.4 is 10.3 Å². The lowest BCUT2D eigenvalue weighted by molar-refractivity contribution is -0.137. The van der Waals surface area contributed by atoms with Crippen molar-refractivity contribution in [3.8, 4) is 22.3 Å². The summed E-state index contributed by atoms with van der Waals surface area (Å²) in [5.41, 5.74) is 0.152. The van der Waals surface area contributed by atoms with Crippen molar-refractivity contribution in [2.24, 2.45) is 0 Å². The van der Waals surface area contributed by atoms with E-state index in [1.54, 1.807) is 24.3 Å². The molecule has 3 aromatic rings. The summed E-state index contributed by atoms with van der Waals surface area (Å²) in [7, 11) is 1.41. The van der Waals surface area contributed by atoms with E-state index in [9.17, 15) is 18.0 Å². The Morgan fingerprint density at radius 1 is 0.880 bits per heavy atom. The second kappa shape index (κ2) is 6.47. The highest BCUT2D eigenvalue weighted by atomic mass is 19.4. The Labute approximate surface area is 141 Å². The van der Waals surface area contributed by atoms with Crippen LogP contribution in [0.3, 0.4) is 0 Å². The molecule has 0 saturated carbocycles. The summed E-state index contributed by atoms with van der Waals surface area (Å²) in [6.07, 6.45) is -1.59. The maximum absolute atomic E-state index is 13.0. The molecule has 0 spiro atoms. The highest BCUT2D eigenvalue weighted by molar-refractivity contribution is 5.72. The Balaban J connectivity index is 2.22. The molecule has 0 aliphatic rings. The van der Waals surface area contributed by atoms with Crippen LogP contribution in [0.25, 0.3) is 22.3 Å². The molecule has 0 atom stereocenters. The zero-order chi connectivity index (χ0) is 18.0. The molecular weight excluding hydrogens is 331 g/mol. The lowest BCUT2D eigenvalue weighted by atomic mass is 10.00. The van der Waals surface area contributed by atoms with Crippen molar-refractivity contribution in [3.05, 3.63) is 82.8 Å². The first kappa shape index (κ1) is 16.8. The molecule has 128 valence electrons. The minimum absolute atomic E-state index is 0.134. The fourth-order valence-corrected chi connectivity index (χ4v) is 2.55. The predicted molar refractivity (Wildman–Crippen MR) is 89.1 cm³/mol. The summed E-state index contributed by atoms with van der Waals surface area (Å²) in [6.45, 7) is 0. The zero-order valence-corrected chi connectivity index (χ0v) is 13.2. The van der Waals surface area contributed by atoms with Gasteiger partial charge in [0.1, 0.15) is 7.11 Å². The number of halogens is 3. The molecule has 0 radical (unpaired) electrons. The first-order valence-corrected chi connectivity index (χ1v) is 7.44. The van der Waals surface area contributed by atoms with Crippen molar-refractivity contribution in [2.45, 2.75) is 6.18 Å². The minimum Gasteiger partial charge on any atom is -0.418 e. The Kier molecular flexibility index (Phi) is 4.35. The van der Waals surface area contributed by atoms with E-state index in [4.69, 9.17) is 4.84 Å². The van der Waals surface area contributed by atoms with Gasteiger partial charge in [0.25, 0.3) is 0 Å². The van der Waals surface area contributed by atoms with Gasteiger partial charge in [-0.25, -0.2) is 0 Å². The molecule has 3 nitrogen and oxygen atoms in total. The van der Waals surface area contributed by atoms with E-state index in [-0.39, 0.29) is 16.6 Å². The van der Waals surface area contributed by atoms with E-state index >= 15 is 0 Å². The highest BCUT2D eigenvalue weighted by Gasteiger charge is 2.30. The van der Waals surface area contributed by atoms with Gasteiger partial charge in [-0.3, -0.25) is 4.79 Å². The first-order valence-electron chi connectivity index (χ1n) is 7.44. The van der Waals surface area contributed by atoms with Crippen LogP contribution in [0.15, 0.2) is 71.8 Å². The number of rotatable bonds is 3. The SMILES string of the molecule is COn1cc(-c2ccccc2)c(=O)c(-c2cccc(C(F)(F)F)c2)c1. The van der Waals surface area contributed by atoms with Crippen LogP contribution in [-0.4, -0.2) is 11.8 Å². The van der Waals surface area contributed by atoms with E-state index in [1.165, 1.54) is 36.4 Å². The smallest absolute Gasteiger partial charge is 0.416 e. The van der Waals surface area contributed by atoms with Crippen molar-refractivity contribution >= 4 is 0 Å². The van der Waals surface area contributed by atoms with Gasteiger partial charge in [-0.2, -0.15) is 17.9 Å². The molecule has 3 rings (SSSR count). The van der Waals surface area contributed by atoms with E-state index in [1.807, 2.05) is 6.07 Å². The number of nitrogens with zero attached hydrogens (tertiary/aromatic N) is 1. The van der Waals surface area contributed by atoms with Crippen LogP contribution in [-0.2, 0) is 6.18 Å². The lowest BCUT2D eigenvalue weighted by Crippen LogP contribution is -2.16. The topological polar surface area (TPSA) is 31.2 Å². The maximum Gasteiger partial charge on any atom is 0.416 e. The lowest BCUT2D eigenvalue weighted by Gasteiger charge is -2.12. The fraction of sp³-hybridized carbons (Fsp3) is 0.105. The molecule has 25 heavy (non-hydrogen) atoms. The van der Waals surface area contributed by atoms with Crippen molar-refractivity contribution in [1.29, 1.82) is 0 Å². The Bertz CT molecular complexity index is 947. The number of benzene rings is 2. The highest BCUT2D eigenvalue weighted by Crippen LogP contribution is 2.31. The summed E-state index contributed by atoms with van der Waals surface area (Å²) >= 11 is 0. The molecule has 0 aliphatic carbocycles. The Hall–Kier alpha value is -3.02. The quantitative estimate of drug-likeness (QED) is 0.710. The van der Waals surface area contributed by atoms with Gasteiger partial charge in [0.2, 0.25) is 0 Å². The molecule has 0 saturated heterocycles. The van der Waals surface area contributed by atoms with Gasteiger partial charge in [0, 0.05) is 11.1 Å². The zero-order valence-electron chi connectivity index (χ0n) is 13.2. The van der Waals surface area contributed by atoms with Gasteiger partial charge in [-0.15, -0.1) is 0 Å². The number of pyridine rings is 1. The monoisotopic (exact) mass is 345 g/mol. The number of hydrogen-bond acceptors (Lipinski definition) is 2. The summed E-state index contributed by atoms with van der Waals surface area (Å²) in [5, 5.41) is 0. The average molecular weight is 345 g/mol. The molecule has 1 heterocycles. The number of alkyl halides is 3. The molecule has 0 aliphatic heterocycles. The molecule has 2 aromatic carbocycles. The molecule has 0 unspecified atom stereocenters.